The maximum Gasteiger partial charge on any atom is 0.514 e. The summed E-state index contributed by atoms with van der Waals surface area (Å²) >= 11 is 0. The van der Waals surface area contributed by atoms with Gasteiger partial charge in [0.05, 0.1) is 0 Å². The molecule has 0 amide bonds. The van der Waals surface area contributed by atoms with E-state index < -0.39 is 11.8 Å². The van der Waals surface area contributed by atoms with Crippen molar-refractivity contribution in [2.24, 2.45) is 0 Å². The van der Waals surface area contributed by atoms with Crippen molar-refractivity contribution in [2.45, 2.75) is 39.8 Å². The standard InChI is InChI=1S/C21H28N2O3/c1-15-7-10-17(13-19(15)25-20(24)26-21(2,3)4)22-14-16-8-11-18(12-9-16)23(5)6/h7-13,22H,14H2,1-6H3. The van der Waals surface area contributed by atoms with Gasteiger partial charge in [-0.15, -0.1) is 0 Å². The molecule has 2 aromatic rings. The van der Waals surface area contributed by atoms with Crippen LogP contribution >= 0.6 is 0 Å². The predicted octanol–water partition coefficient (Wildman–Crippen LogP) is 4.99. The maximum absolute atomic E-state index is 11.9. The van der Waals surface area contributed by atoms with E-state index in [1.807, 2.05) is 39.2 Å². The van der Waals surface area contributed by atoms with Crippen LogP contribution in [-0.4, -0.2) is 25.9 Å². The van der Waals surface area contributed by atoms with Gasteiger partial charge in [-0.2, -0.15) is 0 Å². The van der Waals surface area contributed by atoms with Gasteiger partial charge in [-0.3, -0.25) is 0 Å². The Labute approximate surface area is 155 Å². The van der Waals surface area contributed by atoms with Gasteiger partial charge in [0.25, 0.3) is 0 Å². The lowest BCUT2D eigenvalue weighted by molar-refractivity contribution is 0.0205. The monoisotopic (exact) mass is 356 g/mol. The summed E-state index contributed by atoms with van der Waals surface area (Å²) in [6.07, 6.45) is -0.697. The molecule has 0 unspecified atom stereocenters. The van der Waals surface area contributed by atoms with Crippen LogP contribution in [0.3, 0.4) is 0 Å². The fourth-order valence-electron chi connectivity index (χ4n) is 2.30. The zero-order chi connectivity index (χ0) is 19.3. The van der Waals surface area contributed by atoms with E-state index in [0.717, 1.165) is 16.9 Å². The summed E-state index contributed by atoms with van der Waals surface area (Å²) in [4.78, 5) is 14.0. The third-order valence-electron chi connectivity index (χ3n) is 3.72. The lowest BCUT2D eigenvalue weighted by Gasteiger charge is -2.19. The van der Waals surface area contributed by atoms with Crippen molar-refractivity contribution >= 4 is 17.5 Å². The molecule has 0 radical (unpaired) electrons. The lowest BCUT2D eigenvalue weighted by Crippen LogP contribution is -2.26. The molecule has 0 aliphatic heterocycles. The highest BCUT2D eigenvalue weighted by Gasteiger charge is 2.18. The number of carbonyl (C=O) groups excluding carboxylic acids is 1. The first-order chi connectivity index (χ1) is 12.1. The molecule has 0 atom stereocenters. The molecule has 26 heavy (non-hydrogen) atoms. The Bertz CT molecular complexity index is 747. The van der Waals surface area contributed by atoms with Crippen molar-refractivity contribution in [2.75, 3.05) is 24.3 Å². The van der Waals surface area contributed by atoms with Crippen molar-refractivity contribution in [3.05, 3.63) is 53.6 Å². The van der Waals surface area contributed by atoms with E-state index in [1.165, 1.54) is 5.56 Å². The fraction of sp³-hybridized carbons (Fsp3) is 0.381. The van der Waals surface area contributed by atoms with E-state index in [0.29, 0.717) is 12.3 Å². The zero-order valence-electron chi connectivity index (χ0n) is 16.4. The van der Waals surface area contributed by atoms with Gasteiger partial charge in [0.1, 0.15) is 11.4 Å². The molecule has 1 N–H and O–H groups in total. The van der Waals surface area contributed by atoms with Gasteiger partial charge in [-0.05, 0) is 57.0 Å². The van der Waals surface area contributed by atoms with E-state index in [9.17, 15) is 4.79 Å². The molecule has 0 saturated heterocycles. The highest BCUT2D eigenvalue weighted by atomic mass is 16.7. The second-order valence-corrected chi connectivity index (χ2v) is 7.46. The molecule has 0 bridgehead atoms. The van der Waals surface area contributed by atoms with Crippen LogP contribution in [0.5, 0.6) is 5.75 Å². The summed E-state index contributed by atoms with van der Waals surface area (Å²) in [7, 11) is 4.04. The first kappa shape index (κ1) is 19.6. The average molecular weight is 356 g/mol. The van der Waals surface area contributed by atoms with Crippen LogP contribution in [0.1, 0.15) is 31.9 Å². The molecule has 0 fully saturated rings. The molecule has 140 valence electrons. The van der Waals surface area contributed by atoms with E-state index >= 15 is 0 Å². The van der Waals surface area contributed by atoms with E-state index in [1.54, 1.807) is 20.8 Å². The van der Waals surface area contributed by atoms with E-state index in [-0.39, 0.29) is 0 Å². The largest absolute Gasteiger partial charge is 0.514 e. The molecular formula is C21H28N2O3. The summed E-state index contributed by atoms with van der Waals surface area (Å²) in [6.45, 7) is 7.99. The van der Waals surface area contributed by atoms with Crippen LogP contribution in [0.25, 0.3) is 0 Å². The van der Waals surface area contributed by atoms with Gasteiger partial charge in [0, 0.05) is 38.1 Å². The van der Waals surface area contributed by atoms with Crippen molar-refractivity contribution < 1.29 is 14.3 Å². The number of anilines is 2. The number of carbonyl (C=O) groups is 1. The third-order valence-corrected chi connectivity index (χ3v) is 3.72. The Hall–Kier alpha value is -2.69. The van der Waals surface area contributed by atoms with Gasteiger partial charge in [-0.1, -0.05) is 18.2 Å². The van der Waals surface area contributed by atoms with Crippen LogP contribution in [0.4, 0.5) is 16.2 Å². The lowest BCUT2D eigenvalue weighted by atomic mass is 10.1. The number of nitrogens with zero attached hydrogens (tertiary/aromatic N) is 1. The minimum atomic E-state index is -0.697. The zero-order valence-corrected chi connectivity index (χ0v) is 16.4. The summed E-state index contributed by atoms with van der Waals surface area (Å²) in [5.74, 6) is 0.493. The van der Waals surface area contributed by atoms with Gasteiger partial charge in [0.15, 0.2) is 0 Å². The molecule has 5 nitrogen and oxygen atoms in total. The molecule has 0 aliphatic carbocycles. The van der Waals surface area contributed by atoms with Crippen molar-refractivity contribution in [3.63, 3.8) is 0 Å². The Morgan fingerprint density at radius 1 is 1.08 bits per heavy atom. The molecule has 5 heteroatoms. The molecule has 2 rings (SSSR count). The van der Waals surface area contributed by atoms with Crippen LogP contribution < -0.4 is 15.0 Å². The molecule has 0 aliphatic rings. The number of ether oxygens (including phenoxy) is 2. The molecule has 0 spiro atoms. The maximum atomic E-state index is 11.9. The van der Waals surface area contributed by atoms with Crippen molar-refractivity contribution in [1.82, 2.24) is 0 Å². The Morgan fingerprint density at radius 3 is 2.31 bits per heavy atom. The minimum absolute atomic E-state index is 0.493. The molecular weight excluding hydrogens is 328 g/mol. The van der Waals surface area contributed by atoms with Crippen molar-refractivity contribution in [3.8, 4) is 5.75 Å². The van der Waals surface area contributed by atoms with Gasteiger partial charge in [0.2, 0.25) is 0 Å². The number of rotatable bonds is 5. The highest BCUT2D eigenvalue weighted by Crippen LogP contribution is 2.24. The minimum Gasteiger partial charge on any atom is -0.428 e. The van der Waals surface area contributed by atoms with Crippen LogP contribution in [0, 0.1) is 6.92 Å². The Kier molecular flexibility index (Phi) is 6.14. The normalized spacial score (nSPS) is 11.0. The predicted molar refractivity (Wildman–Crippen MR) is 106 cm³/mol. The van der Waals surface area contributed by atoms with E-state index in [2.05, 4.69) is 34.5 Å². The molecule has 0 aromatic heterocycles. The number of benzene rings is 2. The summed E-state index contributed by atoms with van der Waals surface area (Å²) in [5.41, 5.74) is 3.50. The highest BCUT2D eigenvalue weighted by molar-refractivity contribution is 5.66. The van der Waals surface area contributed by atoms with Crippen LogP contribution in [-0.2, 0) is 11.3 Å². The fourth-order valence-corrected chi connectivity index (χ4v) is 2.30. The number of hydrogen-bond donors (Lipinski definition) is 1. The Balaban J connectivity index is 2.01. The number of hydrogen-bond acceptors (Lipinski definition) is 5. The van der Waals surface area contributed by atoms with Crippen LogP contribution in [0.2, 0.25) is 0 Å². The SMILES string of the molecule is Cc1ccc(NCc2ccc(N(C)C)cc2)cc1OC(=O)OC(C)(C)C. The molecule has 0 heterocycles. The quantitative estimate of drug-likeness (QED) is 0.604. The topological polar surface area (TPSA) is 50.8 Å². The summed E-state index contributed by atoms with van der Waals surface area (Å²) in [6, 6.07) is 14.0. The van der Waals surface area contributed by atoms with Gasteiger partial charge in [-0.25, -0.2) is 4.79 Å². The first-order valence-corrected chi connectivity index (χ1v) is 8.66. The van der Waals surface area contributed by atoms with E-state index in [4.69, 9.17) is 9.47 Å². The second kappa shape index (κ2) is 8.13. The van der Waals surface area contributed by atoms with Crippen molar-refractivity contribution in [1.29, 1.82) is 0 Å². The smallest absolute Gasteiger partial charge is 0.428 e. The first-order valence-electron chi connectivity index (χ1n) is 8.66. The summed E-state index contributed by atoms with van der Waals surface area (Å²) < 4.78 is 10.6. The second-order valence-electron chi connectivity index (χ2n) is 7.46. The van der Waals surface area contributed by atoms with Crippen LogP contribution in [0.15, 0.2) is 42.5 Å². The molecule has 0 saturated carbocycles. The Morgan fingerprint density at radius 2 is 1.73 bits per heavy atom. The number of nitrogens with one attached hydrogen (secondary N) is 1. The number of aryl methyl sites for hydroxylation is 1. The average Bonchev–Trinajstić information content (AvgIpc) is 2.54. The van der Waals surface area contributed by atoms with Gasteiger partial charge < -0.3 is 19.7 Å². The van der Waals surface area contributed by atoms with Gasteiger partial charge >= 0.3 is 6.16 Å². The molecule has 2 aromatic carbocycles. The third kappa shape index (κ3) is 5.99. The summed E-state index contributed by atoms with van der Waals surface area (Å²) in [5, 5.41) is 3.35.